The van der Waals surface area contributed by atoms with E-state index in [4.69, 9.17) is 0 Å². The van der Waals surface area contributed by atoms with E-state index in [0.29, 0.717) is 6.42 Å². The molecule has 0 aliphatic rings. The highest BCUT2D eigenvalue weighted by Gasteiger charge is 2.26. The zero-order valence-corrected chi connectivity index (χ0v) is 13.8. The molecule has 1 atom stereocenters. The number of nitrogens with one attached hydrogen (secondary N) is 2. The second-order valence-corrected chi connectivity index (χ2v) is 5.77. The van der Waals surface area contributed by atoms with Gasteiger partial charge in [-0.15, -0.1) is 0 Å². The summed E-state index contributed by atoms with van der Waals surface area (Å²) in [4.78, 5) is 31.7. The Bertz CT molecular complexity index is 750. The van der Waals surface area contributed by atoms with Gasteiger partial charge in [-0.3, -0.25) is 9.59 Å². The van der Waals surface area contributed by atoms with E-state index in [2.05, 4.69) is 20.6 Å². The summed E-state index contributed by atoms with van der Waals surface area (Å²) in [5.74, 6) is -2.02. The molecule has 8 heteroatoms. The molecule has 132 valence electrons. The average molecular weight is 348 g/mol. The van der Waals surface area contributed by atoms with E-state index in [0.717, 1.165) is 24.5 Å². The molecule has 25 heavy (non-hydrogen) atoms. The van der Waals surface area contributed by atoms with Crippen molar-refractivity contribution in [3.63, 3.8) is 0 Å². The van der Waals surface area contributed by atoms with Gasteiger partial charge < -0.3 is 10.6 Å². The molecule has 6 nitrogen and oxygen atoms in total. The Balaban J connectivity index is 1.99. The van der Waals surface area contributed by atoms with Gasteiger partial charge in [-0.2, -0.15) is 0 Å². The number of carbonyl (C=O) groups is 2. The monoisotopic (exact) mass is 348 g/mol. The van der Waals surface area contributed by atoms with Gasteiger partial charge in [0.25, 0.3) is 11.8 Å². The fourth-order valence-electron chi connectivity index (χ4n) is 1.98. The summed E-state index contributed by atoms with van der Waals surface area (Å²) in [5, 5.41) is 5.43. The van der Waals surface area contributed by atoms with Gasteiger partial charge in [-0.1, -0.05) is 6.92 Å². The smallest absolute Gasteiger partial charge is 0.270 e. The fourth-order valence-corrected chi connectivity index (χ4v) is 1.98. The predicted octanol–water partition coefficient (Wildman–Crippen LogP) is 2.08. The van der Waals surface area contributed by atoms with Crippen molar-refractivity contribution in [3.8, 4) is 0 Å². The van der Waals surface area contributed by atoms with E-state index < -0.39 is 29.0 Å². The summed E-state index contributed by atoms with van der Waals surface area (Å²) < 4.78 is 25.7. The minimum atomic E-state index is -0.747. The third kappa shape index (κ3) is 5.03. The van der Waals surface area contributed by atoms with Crippen molar-refractivity contribution in [1.29, 1.82) is 0 Å². The Labute approximate surface area is 143 Å². The third-order valence-electron chi connectivity index (χ3n) is 3.75. The summed E-state index contributed by atoms with van der Waals surface area (Å²) in [6.07, 6.45) is 2.44. The van der Waals surface area contributed by atoms with Crippen molar-refractivity contribution in [1.82, 2.24) is 20.6 Å². The maximum absolute atomic E-state index is 12.9. The Hall–Kier alpha value is -2.90. The maximum Gasteiger partial charge on any atom is 0.270 e. The second-order valence-electron chi connectivity index (χ2n) is 5.77. The van der Waals surface area contributed by atoms with Crippen molar-refractivity contribution in [3.05, 3.63) is 59.7 Å². The minimum Gasteiger partial charge on any atom is -0.348 e. The normalized spacial score (nSPS) is 13.0. The summed E-state index contributed by atoms with van der Waals surface area (Å²) in [6, 6.07) is 4.84. The van der Waals surface area contributed by atoms with Crippen molar-refractivity contribution < 1.29 is 18.4 Å². The van der Waals surface area contributed by atoms with Crippen LogP contribution < -0.4 is 10.6 Å². The van der Waals surface area contributed by atoms with Crippen molar-refractivity contribution >= 4 is 11.8 Å². The lowest BCUT2D eigenvalue weighted by atomic mass is 9.98. The molecule has 2 aromatic rings. The molecule has 0 spiro atoms. The predicted molar refractivity (Wildman–Crippen MR) is 86.9 cm³/mol. The molecule has 2 amide bonds. The highest BCUT2D eigenvalue weighted by Crippen LogP contribution is 2.10. The number of hydrogen-bond donors (Lipinski definition) is 2. The fraction of sp³-hybridized carbons (Fsp3) is 0.294. The van der Waals surface area contributed by atoms with Crippen LogP contribution in [0.25, 0.3) is 0 Å². The SMILES string of the molecule is CC[C@@](C)(CNC(=O)c1ccc(F)cn1)NC(=O)c1ccc(F)cn1. The van der Waals surface area contributed by atoms with Crippen LogP contribution in [0.2, 0.25) is 0 Å². The van der Waals surface area contributed by atoms with Crippen molar-refractivity contribution in [2.75, 3.05) is 6.54 Å². The Kier molecular flexibility index (Phi) is 5.74. The first kappa shape index (κ1) is 18.4. The lowest BCUT2D eigenvalue weighted by Crippen LogP contribution is -2.53. The van der Waals surface area contributed by atoms with Crippen LogP contribution in [0.1, 0.15) is 41.2 Å². The first-order valence-corrected chi connectivity index (χ1v) is 7.67. The van der Waals surface area contributed by atoms with E-state index in [1.165, 1.54) is 12.1 Å². The molecular formula is C17H18F2N4O2. The first-order chi connectivity index (χ1) is 11.8. The lowest BCUT2D eigenvalue weighted by molar-refractivity contribution is 0.0865. The molecule has 2 aromatic heterocycles. The lowest BCUT2D eigenvalue weighted by Gasteiger charge is -2.29. The van der Waals surface area contributed by atoms with Gasteiger partial charge in [-0.05, 0) is 37.6 Å². The molecule has 0 aromatic carbocycles. The van der Waals surface area contributed by atoms with E-state index in [1.54, 1.807) is 6.92 Å². The third-order valence-corrected chi connectivity index (χ3v) is 3.75. The molecule has 0 aliphatic carbocycles. The van der Waals surface area contributed by atoms with E-state index in [-0.39, 0.29) is 17.9 Å². The summed E-state index contributed by atoms with van der Waals surface area (Å²) in [5.41, 5.74) is -0.595. The number of amides is 2. The number of carbonyl (C=O) groups excluding carboxylic acids is 2. The van der Waals surface area contributed by atoms with Gasteiger partial charge in [0.15, 0.2) is 0 Å². The van der Waals surface area contributed by atoms with E-state index in [9.17, 15) is 18.4 Å². The topological polar surface area (TPSA) is 84.0 Å². The van der Waals surface area contributed by atoms with E-state index >= 15 is 0 Å². The molecule has 0 bridgehead atoms. The number of hydrogen-bond acceptors (Lipinski definition) is 4. The molecule has 0 radical (unpaired) electrons. The minimum absolute atomic E-state index is 0.0754. The van der Waals surface area contributed by atoms with E-state index in [1.807, 2.05) is 6.92 Å². The summed E-state index contributed by atoms with van der Waals surface area (Å²) in [6.45, 7) is 3.74. The van der Waals surface area contributed by atoms with Crippen LogP contribution in [0.4, 0.5) is 8.78 Å². The highest BCUT2D eigenvalue weighted by atomic mass is 19.1. The van der Waals surface area contributed by atoms with Gasteiger partial charge in [0, 0.05) is 6.54 Å². The van der Waals surface area contributed by atoms with Gasteiger partial charge in [0.1, 0.15) is 23.0 Å². The number of rotatable bonds is 6. The zero-order valence-electron chi connectivity index (χ0n) is 13.8. The number of nitrogens with zero attached hydrogens (tertiary/aromatic N) is 2. The van der Waals surface area contributed by atoms with Crippen LogP contribution in [-0.4, -0.2) is 33.9 Å². The van der Waals surface area contributed by atoms with Crippen LogP contribution in [0.3, 0.4) is 0 Å². The largest absolute Gasteiger partial charge is 0.348 e. The number of halogens is 2. The molecular weight excluding hydrogens is 330 g/mol. The van der Waals surface area contributed by atoms with Crippen LogP contribution >= 0.6 is 0 Å². The van der Waals surface area contributed by atoms with Gasteiger partial charge in [0.05, 0.1) is 17.9 Å². The highest BCUT2D eigenvalue weighted by molar-refractivity contribution is 5.93. The Morgan fingerprint density at radius 3 is 1.96 bits per heavy atom. The molecule has 2 N–H and O–H groups in total. The second kappa shape index (κ2) is 7.78. The van der Waals surface area contributed by atoms with Crippen LogP contribution in [0, 0.1) is 11.6 Å². The Morgan fingerprint density at radius 1 is 1.00 bits per heavy atom. The zero-order chi connectivity index (χ0) is 18.4. The van der Waals surface area contributed by atoms with Crippen molar-refractivity contribution in [2.45, 2.75) is 25.8 Å². The number of pyridine rings is 2. The van der Waals surface area contributed by atoms with Crippen LogP contribution in [-0.2, 0) is 0 Å². The summed E-state index contributed by atoms with van der Waals surface area (Å²) >= 11 is 0. The first-order valence-electron chi connectivity index (χ1n) is 7.67. The van der Waals surface area contributed by atoms with Crippen LogP contribution in [0.15, 0.2) is 36.7 Å². The molecule has 0 saturated carbocycles. The van der Waals surface area contributed by atoms with Gasteiger partial charge in [-0.25, -0.2) is 18.7 Å². The van der Waals surface area contributed by atoms with Crippen molar-refractivity contribution in [2.24, 2.45) is 0 Å². The quantitative estimate of drug-likeness (QED) is 0.837. The van der Waals surface area contributed by atoms with Crippen LogP contribution in [0.5, 0.6) is 0 Å². The number of aromatic nitrogens is 2. The average Bonchev–Trinajstić information content (AvgIpc) is 2.61. The van der Waals surface area contributed by atoms with Gasteiger partial charge >= 0.3 is 0 Å². The maximum atomic E-state index is 12.9. The molecule has 0 unspecified atom stereocenters. The summed E-state index contributed by atoms with van der Waals surface area (Å²) in [7, 11) is 0. The molecule has 0 fully saturated rings. The Morgan fingerprint density at radius 2 is 1.52 bits per heavy atom. The molecule has 0 aliphatic heterocycles. The molecule has 2 heterocycles. The standard InChI is InChI=1S/C17H18F2N4O2/c1-3-17(2,23-16(25)14-7-5-12(19)9-21-14)10-22-15(24)13-6-4-11(18)8-20-13/h4-9H,3,10H2,1-2H3,(H,22,24)(H,23,25)/t17-/m0/s1. The molecule has 2 rings (SSSR count). The molecule has 0 saturated heterocycles. The van der Waals surface area contributed by atoms with Gasteiger partial charge in [0.2, 0.25) is 0 Å².